The zero-order valence-electron chi connectivity index (χ0n) is 19.7. The second-order valence-corrected chi connectivity index (χ2v) is 8.41. The Labute approximate surface area is 203 Å². The number of nitrogens with one attached hydrogen (secondary N) is 2. The van der Waals surface area contributed by atoms with Gasteiger partial charge in [0.05, 0.1) is 25.8 Å². The first-order valence-corrected chi connectivity index (χ1v) is 11.4. The fourth-order valence-electron chi connectivity index (χ4n) is 4.34. The summed E-state index contributed by atoms with van der Waals surface area (Å²) in [5, 5.41) is 5.57. The third-order valence-corrected chi connectivity index (χ3v) is 6.15. The van der Waals surface area contributed by atoms with E-state index < -0.39 is 17.8 Å². The number of hydrogen-bond acceptors (Lipinski definition) is 4. The molecule has 0 spiro atoms. The second kappa shape index (κ2) is 10.9. The molecule has 2 N–H and O–H groups in total. The number of likely N-dealkylation sites (tertiary alicyclic amines) is 1. The van der Waals surface area contributed by atoms with Gasteiger partial charge in [-0.15, -0.1) is 0 Å². The van der Waals surface area contributed by atoms with Crippen LogP contribution in [0.15, 0.2) is 72.8 Å². The fourth-order valence-corrected chi connectivity index (χ4v) is 4.34. The smallest absolute Gasteiger partial charge is 0.321 e. The van der Waals surface area contributed by atoms with Gasteiger partial charge in [-0.25, -0.2) is 9.18 Å². The highest BCUT2D eigenvalue weighted by molar-refractivity contribution is 5.94. The molecule has 0 aliphatic carbocycles. The average molecular weight is 478 g/mol. The van der Waals surface area contributed by atoms with E-state index in [1.54, 1.807) is 42.3 Å². The van der Waals surface area contributed by atoms with Gasteiger partial charge in [0.15, 0.2) is 11.5 Å². The molecule has 3 aromatic carbocycles. The number of benzene rings is 3. The summed E-state index contributed by atoms with van der Waals surface area (Å²) in [6.45, 7) is 0.632. The van der Waals surface area contributed by atoms with Crippen LogP contribution in [0.5, 0.6) is 11.5 Å². The SMILES string of the molecule is COc1ccc(NC(=O)[C@@H]2C[C@@H](c3ccccc3)CN(C(=O)Nc3ccccc3F)C2)cc1OC. The zero-order chi connectivity index (χ0) is 24.8. The Morgan fingerprint density at radius 1 is 0.886 bits per heavy atom. The van der Waals surface area contributed by atoms with Gasteiger partial charge in [0.2, 0.25) is 5.91 Å². The third kappa shape index (κ3) is 5.71. The molecule has 2 atom stereocenters. The lowest BCUT2D eigenvalue weighted by Gasteiger charge is -2.37. The maximum atomic E-state index is 14.1. The van der Waals surface area contributed by atoms with E-state index in [9.17, 15) is 14.0 Å². The van der Waals surface area contributed by atoms with Crippen molar-refractivity contribution in [3.63, 3.8) is 0 Å². The third-order valence-electron chi connectivity index (χ3n) is 6.15. The molecular weight excluding hydrogens is 449 g/mol. The molecule has 35 heavy (non-hydrogen) atoms. The van der Waals surface area contributed by atoms with Crippen molar-refractivity contribution < 1.29 is 23.5 Å². The van der Waals surface area contributed by atoms with Crippen molar-refractivity contribution in [2.45, 2.75) is 12.3 Å². The highest BCUT2D eigenvalue weighted by Crippen LogP contribution is 2.33. The number of rotatable bonds is 6. The molecule has 0 unspecified atom stereocenters. The summed E-state index contributed by atoms with van der Waals surface area (Å²) in [6.07, 6.45) is 0.576. The molecule has 0 saturated carbocycles. The number of urea groups is 1. The van der Waals surface area contributed by atoms with Gasteiger partial charge in [0.1, 0.15) is 5.82 Å². The maximum Gasteiger partial charge on any atom is 0.321 e. The van der Waals surface area contributed by atoms with Crippen LogP contribution in [0.4, 0.5) is 20.6 Å². The summed E-state index contributed by atoms with van der Waals surface area (Å²) in [7, 11) is 3.07. The van der Waals surface area contributed by atoms with E-state index in [4.69, 9.17) is 9.47 Å². The van der Waals surface area contributed by atoms with Crippen LogP contribution in [0.1, 0.15) is 17.9 Å². The highest BCUT2D eigenvalue weighted by atomic mass is 19.1. The topological polar surface area (TPSA) is 79.9 Å². The number of ether oxygens (including phenoxy) is 2. The minimum Gasteiger partial charge on any atom is -0.493 e. The molecule has 1 saturated heterocycles. The lowest BCUT2D eigenvalue weighted by Crippen LogP contribution is -2.48. The Kier molecular flexibility index (Phi) is 7.50. The average Bonchev–Trinajstić information content (AvgIpc) is 2.90. The molecule has 4 rings (SSSR count). The number of para-hydroxylation sites is 1. The number of piperidine rings is 1. The van der Waals surface area contributed by atoms with Crippen molar-refractivity contribution in [2.24, 2.45) is 5.92 Å². The van der Waals surface area contributed by atoms with Gasteiger partial charge in [0.25, 0.3) is 0 Å². The summed E-state index contributed by atoms with van der Waals surface area (Å²) in [6, 6.07) is 20.5. The number of amides is 3. The quantitative estimate of drug-likeness (QED) is 0.517. The Morgan fingerprint density at radius 2 is 1.60 bits per heavy atom. The van der Waals surface area contributed by atoms with Gasteiger partial charge in [-0.3, -0.25) is 4.79 Å². The van der Waals surface area contributed by atoms with E-state index in [-0.39, 0.29) is 24.1 Å². The van der Waals surface area contributed by atoms with Crippen molar-refractivity contribution in [2.75, 3.05) is 37.9 Å². The van der Waals surface area contributed by atoms with E-state index in [0.29, 0.717) is 30.2 Å². The van der Waals surface area contributed by atoms with Gasteiger partial charge in [-0.1, -0.05) is 42.5 Å². The number of carbonyl (C=O) groups excluding carboxylic acids is 2. The van der Waals surface area contributed by atoms with Crippen LogP contribution in [0.3, 0.4) is 0 Å². The van der Waals surface area contributed by atoms with Gasteiger partial charge in [-0.05, 0) is 36.2 Å². The fraction of sp³-hybridized carbons (Fsp3) is 0.259. The molecule has 0 aromatic heterocycles. The summed E-state index contributed by atoms with van der Waals surface area (Å²) >= 11 is 0. The summed E-state index contributed by atoms with van der Waals surface area (Å²) in [4.78, 5) is 27.9. The van der Waals surface area contributed by atoms with Crippen molar-refractivity contribution in [3.05, 3.63) is 84.2 Å². The first-order chi connectivity index (χ1) is 17.0. The molecule has 8 heteroatoms. The number of halogens is 1. The van der Waals surface area contributed by atoms with Crippen molar-refractivity contribution >= 4 is 23.3 Å². The maximum absolute atomic E-state index is 14.1. The molecule has 3 amide bonds. The highest BCUT2D eigenvalue weighted by Gasteiger charge is 2.35. The first kappa shape index (κ1) is 24.1. The number of methoxy groups -OCH3 is 2. The Balaban J connectivity index is 1.54. The van der Waals surface area contributed by atoms with Gasteiger partial charge >= 0.3 is 6.03 Å². The molecule has 0 bridgehead atoms. The van der Waals surface area contributed by atoms with Crippen molar-refractivity contribution in [1.29, 1.82) is 0 Å². The molecule has 0 radical (unpaired) electrons. The molecule has 1 aliphatic heterocycles. The van der Waals surface area contributed by atoms with Crippen LogP contribution >= 0.6 is 0 Å². The number of anilines is 2. The lowest BCUT2D eigenvalue weighted by atomic mass is 9.84. The molecule has 7 nitrogen and oxygen atoms in total. The van der Waals surface area contributed by atoms with Crippen molar-refractivity contribution in [3.8, 4) is 11.5 Å². The van der Waals surface area contributed by atoms with Gasteiger partial charge in [-0.2, -0.15) is 0 Å². The predicted octanol–water partition coefficient (Wildman–Crippen LogP) is 5.12. The number of carbonyl (C=O) groups is 2. The first-order valence-electron chi connectivity index (χ1n) is 11.4. The Bertz CT molecular complexity index is 1190. The predicted molar refractivity (Wildman–Crippen MR) is 132 cm³/mol. The number of hydrogen-bond donors (Lipinski definition) is 2. The molecular formula is C27H28FN3O4. The minimum absolute atomic E-state index is 0.0440. The normalized spacial score (nSPS) is 17.4. The van der Waals surface area contributed by atoms with Crippen LogP contribution in [0, 0.1) is 11.7 Å². The zero-order valence-corrected chi connectivity index (χ0v) is 19.7. The van der Waals surface area contributed by atoms with Crippen LogP contribution in [-0.4, -0.2) is 44.1 Å². The van der Waals surface area contributed by atoms with Crippen molar-refractivity contribution in [1.82, 2.24) is 4.90 Å². The summed E-state index contributed by atoms with van der Waals surface area (Å²) in [5.41, 5.74) is 1.71. The van der Waals surface area contributed by atoms with Crippen LogP contribution in [-0.2, 0) is 4.79 Å². The van der Waals surface area contributed by atoms with Gasteiger partial charge < -0.3 is 25.0 Å². The molecule has 182 valence electrons. The van der Waals surface area contributed by atoms with E-state index in [1.165, 1.54) is 19.2 Å². The summed E-state index contributed by atoms with van der Waals surface area (Å²) < 4.78 is 24.7. The van der Waals surface area contributed by atoms with Crippen LogP contribution in [0.25, 0.3) is 0 Å². The van der Waals surface area contributed by atoms with Gasteiger partial charge in [0, 0.05) is 30.8 Å². The lowest BCUT2D eigenvalue weighted by molar-refractivity contribution is -0.121. The van der Waals surface area contributed by atoms with E-state index in [2.05, 4.69) is 10.6 Å². The monoisotopic (exact) mass is 477 g/mol. The molecule has 1 fully saturated rings. The molecule has 1 aliphatic rings. The molecule has 3 aromatic rings. The van der Waals surface area contributed by atoms with E-state index in [1.807, 2.05) is 30.3 Å². The Morgan fingerprint density at radius 3 is 2.31 bits per heavy atom. The largest absolute Gasteiger partial charge is 0.493 e. The second-order valence-electron chi connectivity index (χ2n) is 8.41. The standard InChI is InChI=1S/C27H28FN3O4/c1-34-24-13-12-21(15-25(24)35-2)29-26(32)20-14-19(18-8-4-3-5-9-18)16-31(17-20)27(33)30-23-11-7-6-10-22(23)28/h3-13,15,19-20H,14,16-17H2,1-2H3,(H,29,32)(H,30,33)/t19-,20-/m1/s1. The summed E-state index contributed by atoms with van der Waals surface area (Å²) in [5.74, 6) is -0.169. The van der Waals surface area contributed by atoms with E-state index >= 15 is 0 Å². The number of nitrogens with zero attached hydrogens (tertiary/aromatic N) is 1. The Hall–Kier alpha value is -4.07. The minimum atomic E-state index is -0.514. The van der Waals surface area contributed by atoms with Crippen LogP contribution in [0.2, 0.25) is 0 Å². The van der Waals surface area contributed by atoms with Crippen LogP contribution < -0.4 is 20.1 Å². The van der Waals surface area contributed by atoms with E-state index in [0.717, 1.165) is 5.56 Å². The molecule has 1 heterocycles.